The van der Waals surface area contributed by atoms with Crippen LogP contribution in [-0.4, -0.2) is 42.7 Å². The smallest absolute Gasteiger partial charge is 0.423 e. The predicted molar refractivity (Wildman–Crippen MR) is 97.5 cm³/mol. The van der Waals surface area contributed by atoms with Crippen LogP contribution in [-0.2, 0) is 24.8 Å². The summed E-state index contributed by atoms with van der Waals surface area (Å²) >= 11 is 0. The highest BCUT2D eigenvalue weighted by Gasteiger charge is 2.63. The molecule has 11 heteroatoms. The van der Waals surface area contributed by atoms with Crippen molar-refractivity contribution in [3.63, 3.8) is 0 Å². The predicted octanol–water partition coefficient (Wildman–Crippen LogP) is 3.28. The fourth-order valence-corrected chi connectivity index (χ4v) is 5.06. The van der Waals surface area contributed by atoms with Crippen LogP contribution in [0.5, 0.6) is 0 Å². The van der Waals surface area contributed by atoms with Crippen molar-refractivity contribution in [1.82, 2.24) is 4.31 Å². The molecule has 2 amide bonds. The summed E-state index contributed by atoms with van der Waals surface area (Å²) in [5.41, 5.74) is -2.94. The number of carbonyl (C=O) groups is 2. The molecule has 0 aliphatic carbocycles. The molecule has 2 atom stereocenters. The molecule has 1 saturated heterocycles. The van der Waals surface area contributed by atoms with Gasteiger partial charge in [0.15, 0.2) is 0 Å². The number of halogens is 1. The van der Waals surface area contributed by atoms with Gasteiger partial charge in [0.05, 0.1) is 6.61 Å². The molecule has 2 rings (SSSR count). The number of hydrogen-bond acceptors (Lipinski definition) is 6. The molecule has 0 saturated carbocycles. The van der Waals surface area contributed by atoms with E-state index in [0.29, 0.717) is 0 Å². The van der Waals surface area contributed by atoms with Gasteiger partial charge in [0.1, 0.15) is 17.5 Å². The molecule has 0 bridgehead atoms. The van der Waals surface area contributed by atoms with Gasteiger partial charge in [-0.3, -0.25) is 5.32 Å². The normalized spacial score (nSPS) is 24.1. The molecule has 28 heavy (non-hydrogen) atoms. The molecule has 156 valence electrons. The van der Waals surface area contributed by atoms with E-state index in [0.717, 1.165) is 6.07 Å². The third kappa shape index (κ3) is 3.76. The minimum atomic E-state index is -4.68. The number of nitrogens with one attached hydrogen (secondary N) is 1. The van der Waals surface area contributed by atoms with Crippen molar-refractivity contribution in [2.45, 2.75) is 46.3 Å². The van der Waals surface area contributed by atoms with Crippen molar-refractivity contribution in [3.8, 4) is 0 Å². The Bertz CT molecular complexity index is 897. The summed E-state index contributed by atoms with van der Waals surface area (Å²) in [6, 6.07) is 3.43. The lowest BCUT2D eigenvalue weighted by Crippen LogP contribution is -2.52. The van der Waals surface area contributed by atoms with E-state index in [1.165, 1.54) is 19.1 Å². The first-order valence-electron chi connectivity index (χ1n) is 8.45. The van der Waals surface area contributed by atoms with Gasteiger partial charge in [-0.2, -0.15) is 12.7 Å². The topological polar surface area (TPSA) is 122 Å². The molecule has 1 fully saturated rings. The number of amides is 2. The molecule has 1 aliphatic rings. The van der Waals surface area contributed by atoms with Gasteiger partial charge in [-0.25, -0.2) is 18.2 Å². The lowest BCUT2D eigenvalue weighted by atomic mass is 9.73. The number of benzene rings is 1. The molecule has 0 aromatic heterocycles. The van der Waals surface area contributed by atoms with Crippen LogP contribution in [0.1, 0.15) is 40.2 Å². The van der Waals surface area contributed by atoms with Crippen LogP contribution in [0.25, 0.3) is 0 Å². The Morgan fingerprint density at radius 3 is 2.50 bits per heavy atom. The summed E-state index contributed by atoms with van der Waals surface area (Å²) in [6.45, 7) is 7.94. The number of rotatable bonds is 3. The van der Waals surface area contributed by atoms with Crippen molar-refractivity contribution in [2.24, 2.45) is 5.41 Å². The highest BCUT2D eigenvalue weighted by molar-refractivity contribution is 7.85. The number of anilines is 1. The summed E-state index contributed by atoms with van der Waals surface area (Å²) in [5.74, 6) is -0.849. The quantitative estimate of drug-likeness (QED) is 0.772. The zero-order chi connectivity index (χ0) is 21.5. The summed E-state index contributed by atoms with van der Waals surface area (Å²) in [7, 11) is -4.68. The van der Waals surface area contributed by atoms with Crippen molar-refractivity contribution >= 4 is 28.2 Å². The molecule has 1 aromatic carbocycles. The van der Waals surface area contributed by atoms with Gasteiger partial charge in [0.2, 0.25) is 0 Å². The Hall–Kier alpha value is -2.40. The standard InChI is InChI=1S/C17H23FN2O7S/c1-6-26-14(21)19-10-7-8-12(18)11(9-10)17(5)13(16(2,3)4)27-28(24,25)20(17)15(22)23/h7-9,13H,6H2,1-5H3,(H,19,21)(H,22,23). The second-order valence-corrected chi connectivity index (χ2v) is 8.95. The van der Waals surface area contributed by atoms with Crippen LogP contribution in [0.4, 0.5) is 19.7 Å². The van der Waals surface area contributed by atoms with E-state index >= 15 is 0 Å². The molecule has 1 aliphatic heterocycles. The van der Waals surface area contributed by atoms with Crippen LogP contribution in [0, 0.1) is 11.2 Å². The zero-order valence-electron chi connectivity index (χ0n) is 16.1. The molecule has 0 spiro atoms. The number of carbonyl (C=O) groups excluding carboxylic acids is 1. The van der Waals surface area contributed by atoms with Crippen molar-refractivity contribution in [2.75, 3.05) is 11.9 Å². The molecule has 0 radical (unpaired) electrons. The minimum Gasteiger partial charge on any atom is -0.464 e. The van der Waals surface area contributed by atoms with E-state index in [1.807, 2.05) is 0 Å². The molecule has 1 heterocycles. The maximum atomic E-state index is 14.8. The number of ether oxygens (including phenoxy) is 1. The fraction of sp³-hybridized carbons (Fsp3) is 0.529. The molecular weight excluding hydrogens is 395 g/mol. The number of carboxylic acid groups (broad SMARTS) is 1. The Kier molecular flexibility index (Phi) is 5.64. The summed E-state index contributed by atoms with van der Waals surface area (Å²) in [6.07, 6.45) is -3.83. The van der Waals surface area contributed by atoms with Crippen LogP contribution >= 0.6 is 0 Å². The minimum absolute atomic E-state index is 0.110. The van der Waals surface area contributed by atoms with E-state index in [2.05, 4.69) is 5.32 Å². The van der Waals surface area contributed by atoms with E-state index in [9.17, 15) is 27.5 Å². The van der Waals surface area contributed by atoms with Gasteiger partial charge in [-0.1, -0.05) is 20.8 Å². The van der Waals surface area contributed by atoms with Gasteiger partial charge in [0, 0.05) is 11.3 Å². The van der Waals surface area contributed by atoms with Gasteiger partial charge < -0.3 is 9.84 Å². The third-order valence-electron chi connectivity index (χ3n) is 4.37. The van der Waals surface area contributed by atoms with Crippen molar-refractivity contribution < 1.29 is 36.4 Å². The van der Waals surface area contributed by atoms with Gasteiger partial charge in [-0.05, 0) is 37.5 Å². The second kappa shape index (κ2) is 7.21. The fourth-order valence-electron chi connectivity index (χ4n) is 3.41. The van der Waals surface area contributed by atoms with Gasteiger partial charge in [-0.15, -0.1) is 0 Å². The number of nitrogens with zero attached hydrogens (tertiary/aromatic N) is 1. The average molecular weight is 418 g/mol. The van der Waals surface area contributed by atoms with Gasteiger partial charge >= 0.3 is 22.5 Å². The Balaban J connectivity index is 2.69. The van der Waals surface area contributed by atoms with E-state index in [4.69, 9.17) is 8.92 Å². The van der Waals surface area contributed by atoms with E-state index in [-0.39, 0.29) is 22.2 Å². The number of hydrogen-bond donors (Lipinski definition) is 2. The van der Waals surface area contributed by atoms with E-state index in [1.54, 1.807) is 27.7 Å². The van der Waals surface area contributed by atoms with Crippen LogP contribution in [0.3, 0.4) is 0 Å². The highest BCUT2D eigenvalue weighted by atomic mass is 32.2. The SMILES string of the molecule is CCOC(=O)Nc1ccc(F)c(C2(C)C(C(C)(C)C)OS(=O)(=O)N2C(=O)O)c1. The lowest BCUT2D eigenvalue weighted by Gasteiger charge is -2.39. The van der Waals surface area contributed by atoms with Crippen LogP contribution < -0.4 is 5.32 Å². The summed E-state index contributed by atoms with van der Waals surface area (Å²) < 4.78 is 49.6. The average Bonchev–Trinajstić information content (AvgIpc) is 2.76. The van der Waals surface area contributed by atoms with E-state index < -0.39 is 45.4 Å². The Labute approximate surface area is 162 Å². The summed E-state index contributed by atoms with van der Waals surface area (Å²) in [4.78, 5) is 23.4. The molecule has 9 nitrogen and oxygen atoms in total. The van der Waals surface area contributed by atoms with Gasteiger partial charge in [0.25, 0.3) is 0 Å². The molecule has 1 aromatic rings. The monoisotopic (exact) mass is 418 g/mol. The Morgan fingerprint density at radius 1 is 1.39 bits per heavy atom. The second-order valence-electron chi connectivity index (χ2n) is 7.53. The largest absolute Gasteiger partial charge is 0.464 e. The van der Waals surface area contributed by atoms with Crippen LogP contribution in [0.2, 0.25) is 0 Å². The van der Waals surface area contributed by atoms with Crippen molar-refractivity contribution in [1.29, 1.82) is 0 Å². The Morgan fingerprint density at radius 2 is 2.00 bits per heavy atom. The first-order valence-corrected chi connectivity index (χ1v) is 9.82. The zero-order valence-corrected chi connectivity index (χ0v) is 17.0. The summed E-state index contributed by atoms with van der Waals surface area (Å²) in [5, 5.41) is 11.9. The maximum absolute atomic E-state index is 14.8. The molecular formula is C17H23FN2O7S. The lowest BCUT2D eigenvalue weighted by molar-refractivity contribution is 0.0239. The highest BCUT2D eigenvalue weighted by Crippen LogP contribution is 2.50. The third-order valence-corrected chi connectivity index (χ3v) is 5.79. The first-order chi connectivity index (χ1) is 12.7. The molecule has 2 N–H and O–H groups in total. The first kappa shape index (κ1) is 21.9. The maximum Gasteiger partial charge on any atom is 0.423 e. The van der Waals surface area contributed by atoms with Crippen LogP contribution in [0.15, 0.2) is 18.2 Å². The molecule has 2 unspecified atom stereocenters. The van der Waals surface area contributed by atoms with Crippen molar-refractivity contribution in [3.05, 3.63) is 29.6 Å².